The van der Waals surface area contributed by atoms with Crippen molar-refractivity contribution in [2.45, 2.75) is 38.1 Å². The number of benzene rings is 1. The van der Waals surface area contributed by atoms with Gasteiger partial charge in [0.15, 0.2) is 5.96 Å². The number of rotatable bonds is 8. The van der Waals surface area contributed by atoms with Crippen LogP contribution < -0.4 is 10.6 Å². The molecule has 0 bridgehead atoms. The molecule has 146 valence electrons. The molecule has 1 fully saturated rings. The Morgan fingerprint density at radius 3 is 2.70 bits per heavy atom. The fourth-order valence-electron chi connectivity index (χ4n) is 3.54. The largest absolute Gasteiger partial charge is 0.381 e. The minimum atomic E-state index is 0.0664. The lowest BCUT2D eigenvalue weighted by Gasteiger charge is -2.36. The van der Waals surface area contributed by atoms with Gasteiger partial charge >= 0.3 is 0 Å². The third-order valence-corrected chi connectivity index (χ3v) is 5.14. The number of hydrogen-bond donors (Lipinski definition) is 2. The Hall–Kier alpha value is -2.34. The zero-order valence-corrected chi connectivity index (χ0v) is 16.2. The third-order valence-electron chi connectivity index (χ3n) is 5.14. The van der Waals surface area contributed by atoms with E-state index in [-0.39, 0.29) is 5.41 Å². The van der Waals surface area contributed by atoms with Gasteiger partial charge in [0.05, 0.1) is 6.54 Å². The predicted molar refractivity (Wildman–Crippen MR) is 109 cm³/mol. The Morgan fingerprint density at radius 1 is 1.19 bits per heavy atom. The highest BCUT2D eigenvalue weighted by molar-refractivity contribution is 5.79. The molecule has 2 heterocycles. The van der Waals surface area contributed by atoms with Gasteiger partial charge in [-0.2, -0.15) is 5.10 Å². The molecule has 1 aliphatic rings. The lowest BCUT2D eigenvalue weighted by Crippen LogP contribution is -2.41. The summed E-state index contributed by atoms with van der Waals surface area (Å²) in [6.45, 7) is 7.11. The molecule has 1 aromatic heterocycles. The second-order valence-electron chi connectivity index (χ2n) is 7.00. The first kappa shape index (κ1) is 19.4. The number of aromatic nitrogens is 2. The molecule has 1 aliphatic heterocycles. The Kier molecular flexibility index (Phi) is 7.27. The average molecular weight is 370 g/mol. The first-order valence-corrected chi connectivity index (χ1v) is 9.95. The minimum absolute atomic E-state index is 0.0664. The first-order chi connectivity index (χ1) is 13.3. The molecule has 0 amide bonds. The standard InChI is InChI=1S/C21H31N5O/c1-2-22-20(23-12-6-14-26-15-7-13-25-26)24-18-21(10-16-27-17-11-21)19-8-4-3-5-9-19/h3-5,7-9,13,15H,2,6,10-12,14,16-18H2,1H3,(H2,22,23,24). The first-order valence-electron chi connectivity index (χ1n) is 9.95. The van der Waals surface area contributed by atoms with E-state index in [2.05, 4.69) is 53.0 Å². The third kappa shape index (κ3) is 5.57. The van der Waals surface area contributed by atoms with E-state index in [1.54, 1.807) is 0 Å². The quantitative estimate of drug-likeness (QED) is 0.426. The van der Waals surface area contributed by atoms with Crippen LogP contribution in [-0.2, 0) is 16.7 Å². The molecule has 0 radical (unpaired) electrons. The molecular formula is C21H31N5O. The summed E-state index contributed by atoms with van der Waals surface area (Å²) in [5.74, 6) is 0.889. The fraction of sp³-hybridized carbons (Fsp3) is 0.524. The summed E-state index contributed by atoms with van der Waals surface area (Å²) in [5.41, 5.74) is 1.43. The maximum atomic E-state index is 5.63. The van der Waals surface area contributed by atoms with Gasteiger partial charge in [-0.25, -0.2) is 0 Å². The van der Waals surface area contributed by atoms with Gasteiger partial charge < -0.3 is 15.4 Å². The molecule has 2 N–H and O–H groups in total. The maximum Gasteiger partial charge on any atom is 0.191 e. The molecule has 3 rings (SSSR count). The van der Waals surface area contributed by atoms with E-state index in [1.807, 2.05) is 23.1 Å². The minimum Gasteiger partial charge on any atom is -0.381 e. The highest BCUT2D eigenvalue weighted by Gasteiger charge is 2.34. The van der Waals surface area contributed by atoms with Crippen LogP contribution in [0.1, 0.15) is 31.7 Å². The predicted octanol–water partition coefficient (Wildman–Crippen LogP) is 2.58. The van der Waals surface area contributed by atoms with Crippen LogP contribution in [0.15, 0.2) is 53.8 Å². The van der Waals surface area contributed by atoms with E-state index in [1.165, 1.54) is 5.56 Å². The topological polar surface area (TPSA) is 63.5 Å². The van der Waals surface area contributed by atoms with Crippen molar-refractivity contribution >= 4 is 5.96 Å². The van der Waals surface area contributed by atoms with Gasteiger partial charge in [0.25, 0.3) is 0 Å². The van der Waals surface area contributed by atoms with E-state index in [0.29, 0.717) is 0 Å². The van der Waals surface area contributed by atoms with Crippen LogP contribution in [0.4, 0.5) is 0 Å². The van der Waals surface area contributed by atoms with Gasteiger partial charge in [-0.15, -0.1) is 0 Å². The van der Waals surface area contributed by atoms with Gasteiger partial charge in [-0.1, -0.05) is 30.3 Å². The number of hydrogen-bond acceptors (Lipinski definition) is 3. The Balaban J connectivity index is 1.60. The smallest absolute Gasteiger partial charge is 0.191 e. The van der Waals surface area contributed by atoms with Crippen LogP contribution >= 0.6 is 0 Å². The normalized spacial score (nSPS) is 16.9. The van der Waals surface area contributed by atoms with E-state index >= 15 is 0 Å². The van der Waals surface area contributed by atoms with Crippen molar-refractivity contribution in [2.75, 3.05) is 32.8 Å². The van der Waals surface area contributed by atoms with E-state index in [0.717, 1.165) is 64.6 Å². The van der Waals surface area contributed by atoms with Crippen molar-refractivity contribution in [1.82, 2.24) is 20.4 Å². The molecule has 1 saturated heterocycles. The summed E-state index contributed by atoms with van der Waals surface area (Å²) < 4.78 is 7.58. The van der Waals surface area contributed by atoms with Crippen molar-refractivity contribution in [3.63, 3.8) is 0 Å². The Bertz CT molecular complexity index is 678. The number of guanidine groups is 1. The SMILES string of the molecule is CCNC(=NCC1(c2ccccc2)CCOCC1)NCCCn1cccn1. The number of ether oxygens (including phenoxy) is 1. The van der Waals surface area contributed by atoms with Crippen molar-refractivity contribution < 1.29 is 4.74 Å². The molecule has 27 heavy (non-hydrogen) atoms. The number of nitrogens with zero attached hydrogens (tertiary/aromatic N) is 3. The summed E-state index contributed by atoms with van der Waals surface area (Å²) in [7, 11) is 0. The number of nitrogens with one attached hydrogen (secondary N) is 2. The summed E-state index contributed by atoms with van der Waals surface area (Å²) in [4.78, 5) is 4.94. The van der Waals surface area contributed by atoms with E-state index in [9.17, 15) is 0 Å². The Morgan fingerprint density at radius 2 is 2.00 bits per heavy atom. The van der Waals surface area contributed by atoms with Crippen LogP contribution in [0.25, 0.3) is 0 Å². The van der Waals surface area contributed by atoms with Crippen LogP contribution in [0.5, 0.6) is 0 Å². The van der Waals surface area contributed by atoms with E-state index in [4.69, 9.17) is 9.73 Å². The molecule has 1 aromatic carbocycles. The summed E-state index contributed by atoms with van der Waals surface area (Å²) in [5, 5.41) is 11.1. The highest BCUT2D eigenvalue weighted by Crippen LogP contribution is 2.35. The maximum absolute atomic E-state index is 5.63. The summed E-state index contributed by atoms with van der Waals surface area (Å²) in [6.07, 6.45) is 6.84. The average Bonchev–Trinajstić information content (AvgIpc) is 3.24. The molecule has 0 saturated carbocycles. The highest BCUT2D eigenvalue weighted by atomic mass is 16.5. The molecule has 0 atom stereocenters. The second kappa shape index (κ2) is 10.1. The van der Waals surface area contributed by atoms with Crippen molar-refractivity contribution in [1.29, 1.82) is 0 Å². The van der Waals surface area contributed by atoms with Crippen molar-refractivity contribution in [2.24, 2.45) is 4.99 Å². The number of aliphatic imine (C=N–C) groups is 1. The lowest BCUT2D eigenvalue weighted by molar-refractivity contribution is 0.0531. The molecule has 6 nitrogen and oxygen atoms in total. The van der Waals surface area contributed by atoms with Crippen LogP contribution in [0, 0.1) is 0 Å². The van der Waals surface area contributed by atoms with Crippen LogP contribution in [0.2, 0.25) is 0 Å². The van der Waals surface area contributed by atoms with Gasteiger partial charge in [-0.3, -0.25) is 9.67 Å². The van der Waals surface area contributed by atoms with E-state index < -0.39 is 0 Å². The van der Waals surface area contributed by atoms with Crippen molar-refractivity contribution in [3.8, 4) is 0 Å². The second-order valence-corrected chi connectivity index (χ2v) is 7.00. The zero-order valence-electron chi connectivity index (χ0n) is 16.2. The fourth-order valence-corrected chi connectivity index (χ4v) is 3.54. The zero-order chi connectivity index (χ0) is 18.8. The molecule has 0 spiro atoms. The summed E-state index contributed by atoms with van der Waals surface area (Å²) >= 11 is 0. The van der Waals surface area contributed by atoms with Crippen LogP contribution in [0.3, 0.4) is 0 Å². The lowest BCUT2D eigenvalue weighted by atomic mass is 9.74. The number of aryl methyl sites for hydroxylation is 1. The van der Waals surface area contributed by atoms with Gasteiger partial charge in [0.1, 0.15) is 0 Å². The van der Waals surface area contributed by atoms with Crippen molar-refractivity contribution in [3.05, 3.63) is 54.4 Å². The summed E-state index contributed by atoms with van der Waals surface area (Å²) in [6, 6.07) is 12.7. The van der Waals surface area contributed by atoms with Gasteiger partial charge in [0.2, 0.25) is 0 Å². The monoisotopic (exact) mass is 369 g/mol. The van der Waals surface area contributed by atoms with Gasteiger partial charge in [0, 0.05) is 50.7 Å². The van der Waals surface area contributed by atoms with Gasteiger partial charge in [-0.05, 0) is 37.8 Å². The molecule has 0 aliphatic carbocycles. The Labute approximate surface area is 162 Å². The molecule has 2 aromatic rings. The molecule has 6 heteroatoms. The van der Waals surface area contributed by atoms with Crippen LogP contribution in [-0.4, -0.2) is 48.6 Å². The molecule has 0 unspecified atom stereocenters. The molecular weight excluding hydrogens is 338 g/mol.